The van der Waals surface area contributed by atoms with Gasteiger partial charge in [-0.1, -0.05) is 13.8 Å². The smallest absolute Gasteiger partial charge is 1.00 e. The fraction of sp³-hybridized carbons (Fsp3) is 0.857. The summed E-state index contributed by atoms with van der Waals surface area (Å²) in [5.74, 6) is -0.156. The molecule has 0 aromatic rings. The fourth-order valence-electron chi connectivity index (χ4n) is 0.511. The van der Waals surface area contributed by atoms with Crippen LogP contribution in [0.15, 0.2) is 0 Å². The van der Waals surface area contributed by atoms with Gasteiger partial charge in [-0.25, -0.2) is 0 Å². The molecule has 0 unspecified atom stereocenters. The van der Waals surface area contributed by atoms with Crippen LogP contribution in [0.5, 0.6) is 0 Å². The van der Waals surface area contributed by atoms with Gasteiger partial charge in [0.05, 0.1) is 6.61 Å². The standard InChI is InChI=1S/C7H15NO2.ClH/c1-4-10-7(9)6(8)5(2)3;/h5-6H,4,8H2,1-3H3;1H/t6-;/m0./s1. The van der Waals surface area contributed by atoms with Gasteiger partial charge in [-0.2, -0.15) is 0 Å². The van der Waals surface area contributed by atoms with E-state index in [-0.39, 0.29) is 25.7 Å². The Bertz CT molecular complexity index is 122. The van der Waals surface area contributed by atoms with Crippen LogP contribution in [-0.2, 0) is 9.53 Å². The van der Waals surface area contributed by atoms with Gasteiger partial charge in [0.1, 0.15) is 6.04 Å². The van der Waals surface area contributed by atoms with Crippen molar-refractivity contribution in [2.45, 2.75) is 26.8 Å². The minimum absolute atomic E-state index is 0. The van der Waals surface area contributed by atoms with Crippen molar-refractivity contribution < 1.29 is 23.4 Å². The maximum atomic E-state index is 10.8. The highest BCUT2D eigenvalue weighted by Crippen LogP contribution is 1.99. The summed E-state index contributed by atoms with van der Waals surface area (Å²) in [5, 5.41) is 0. The van der Waals surface area contributed by atoms with Gasteiger partial charge in [0.25, 0.3) is 0 Å². The van der Waals surface area contributed by atoms with E-state index in [0.29, 0.717) is 6.61 Å². The second kappa shape index (κ2) is 6.43. The van der Waals surface area contributed by atoms with Crippen LogP contribution in [0.25, 0.3) is 0 Å². The second-order valence-corrected chi connectivity index (χ2v) is 2.52. The quantitative estimate of drug-likeness (QED) is 0.496. The Labute approximate surface area is 75.2 Å². The molecule has 0 radical (unpaired) electrons. The molecule has 0 saturated heterocycles. The normalized spacial score (nSPS) is 12.1. The van der Waals surface area contributed by atoms with E-state index in [1.165, 1.54) is 0 Å². The molecule has 0 aromatic carbocycles. The van der Waals surface area contributed by atoms with Crippen molar-refractivity contribution in [3.63, 3.8) is 0 Å². The van der Waals surface area contributed by atoms with Gasteiger partial charge >= 0.3 is 7.40 Å². The van der Waals surface area contributed by atoms with Crippen molar-refractivity contribution >= 4 is 5.97 Å². The number of rotatable bonds is 3. The van der Waals surface area contributed by atoms with Crippen LogP contribution in [0, 0.1) is 5.92 Å². The first-order valence-corrected chi connectivity index (χ1v) is 3.51. The van der Waals surface area contributed by atoms with Crippen LogP contribution in [0.3, 0.4) is 0 Å². The number of carbonyl (C=O) groups excluding carboxylic acids is 1. The summed E-state index contributed by atoms with van der Waals surface area (Å²) >= 11 is 0. The molecule has 0 aromatic heterocycles. The Balaban J connectivity index is -0.000000405. The number of hydrogen-bond donors (Lipinski definition) is 1. The number of nitrogens with two attached hydrogens (primary N) is 1. The van der Waals surface area contributed by atoms with E-state index in [9.17, 15) is 4.79 Å². The number of carbonyl (C=O) groups is 1. The molecule has 4 heteroatoms. The monoisotopic (exact) mass is 181 g/mol. The maximum Gasteiger partial charge on any atom is 1.00 e. The van der Waals surface area contributed by atoms with E-state index in [0.717, 1.165) is 0 Å². The SMILES string of the molecule is CCOC(=O)[C@@H](N)C(C)C.[Cl-].[H+]. The molecular weight excluding hydrogens is 166 g/mol. The van der Waals surface area contributed by atoms with Gasteiger partial charge in [0.15, 0.2) is 0 Å². The Kier molecular flexibility index (Phi) is 7.79. The van der Waals surface area contributed by atoms with Crippen LogP contribution in [0.2, 0.25) is 0 Å². The Morgan fingerprint density at radius 1 is 1.64 bits per heavy atom. The van der Waals surface area contributed by atoms with Gasteiger partial charge in [-0.3, -0.25) is 4.79 Å². The minimum Gasteiger partial charge on any atom is -1.00 e. The lowest BCUT2D eigenvalue weighted by molar-refractivity contribution is -0.145. The average molecular weight is 182 g/mol. The summed E-state index contributed by atoms with van der Waals surface area (Å²) in [4.78, 5) is 10.8. The molecule has 0 bridgehead atoms. The molecule has 11 heavy (non-hydrogen) atoms. The predicted octanol–water partition coefficient (Wildman–Crippen LogP) is -2.35. The summed E-state index contributed by atoms with van der Waals surface area (Å²) in [6.07, 6.45) is 0. The van der Waals surface area contributed by atoms with Crippen molar-refractivity contribution in [1.29, 1.82) is 0 Å². The maximum absolute atomic E-state index is 10.8. The van der Waals surface area contributed by atoms with Crippen LogP contribution >= 0.6 is 0 Å². The van der Waals surface area contributed by atoms with Crippen molar-refractivity contribution in [2.24, 2.45) is 11.7 Å². The van der Waals surface area contributed by atoms with Gasteiger partial charge < -0.3 is 22.9 Å². The van der Waals surface area contributed by atoms with Crippen molar-refractivity contribution in [1.82, 2.24) is 0 Å². The third kappa shape index (κ3) is 5.04. The molecule has 68 valence electrons. The first-order chi connectivity index (χ1) is 4.59. The largest absolute Gasteiger partial charge is 1.00 e. The molecule has 3 nitrogen and oxygen atoms in total. The third-order valence-corrected chi connectivity index (χ3v) is 1.28. The fourth-order valence-corrected chi connectivity index (χ4v) is 0.511. The molecule has 0 fully saturated rings. The molecule has 2 N–H and O–H groups in total. The third-order valence-electron chi connectivity index (χ3n) is 1.28. The molecule has 1 atom stereocenters. The van der Waals surface area contributed by atoms with Gasteiger partial charge in [-0.15, -0.1) is 0 Å². The minimum atomic E-state index is -0.472. The van der Waals surface area contributed by atoms with Crippen LogP contribution in [0.1, 0.15) is 22.2 Å². The number of esters is 1. The summed E-state index contributed by atoms with van der Waals surface area (Å²) in [7, 11) is 0. The van der Waals surface area contributed by atoms with Gasteiger partial charge in [0.2, 0.25) is 0 Å². The number of hydrogen-bond acceptors (Lipinski definition) is 3. The van der Waals surface area contributed by atoms with Crippen molar-refractivity contribution in [2.75, 3.05) is 6.61 Å². The molecule has 0 aliphatic rings. The molecular formula is C7H16ClNO2. The lowest BCUT2D eigenvalue weighted by atomic mass is 10.1. The summed E-state index contributed by atoms with van der Waals surface area (Å²) < 4.78 is 4.70. The molecule has 0 aliphatic heterocycles. The van der Waals surface area contributed by atoms with E-state index in [4.69, 9.17) is 10.5 Å². The lowest BCUT2D eigenvalue weighted by Crippen LogP contribution is -3.00. The molecule has 0 rings (SSSR count). The van der Waals surface area contributed by atoms with Crippen molar-refractivity contribution in [3.05, 3.63) is 0 Å². The van der Waals surface area contributed by atoms with E-state index >= 15 is 0 Å². The summed E-state index contributed by atoms with van der Waals surface area (Å²) in [5.41, 5.74) is 5.47. The zero-order chi connectivity index (χ0) is 8.15. The van der Waals surface area contributed by atoms with E-state index in [1.54, 1.807) is 6.92 Å². The average Bonchev–Trinajstić information content (AvgIpc) is 1.87. The highest BCUT2D eigenvalue weighted by atomic mass is 35.5. The predicted molar refractivity (Wildman–Crippen MR) is 40.6 cm³/mol. The zero-order valence-electron chi connectivity index (χ0n) is 8.13. The van der Waals surface area contributed by atoms with E-state index in [1.807, 2.05) is 13.8 Å². The molecule has 0 aliphatic carbocycles. The zero-order valence-corrected chi connectivity index (χ0v) is 7.89. The Morgan fingerprint density at radius 2 is 2.09 bits per heavy atom. The number of ether oxygens (including phenoxy) is 1. The lowest BCUT2D eigenvalue weighted by Gasteiger charge is -2.12. The van der Waals surface area contributed by atoms with Crippen LogP contribution in [-0.4, -0.2) is 18.6 Å². The first-order valence-electron chi connectivity index (χ1n) is 3.51. The summed E-state index contributed by atoms with van der Waals surface area (Å²) in [6.45, 7) is 5.95. The topological polar surface area (TPSA) is 52.3 Å². The highest BCUT2D eigenvalue weighted by Gasteiger charge is 2.17. The molecule has 0 saturated carbocycles. The van der Waals surface area contributed by atoms with E-state index in [2.05, 4.69) is 0 Å². The van der Waals surface area contributed by atoms with Gasteiger partial charge in [-0.05, 0) is 12.8 Å². The van der Waals surface area contributed by atoms with E-state index < -0.39 is 6.04 Å². The first kappa shape index (κ1) is 13.3. The Morgan fingerprint density at radius 3 is 2.36 bits per heavy atom. The summed E-state index contributed by atoms with van der Waals surface area (Å²) in [6, 6.07) is -0.472. The van der Waals surface area contributed by atoms with Crippen molar-refractivity contribution in [3.8, 4) is 0 Å². The molecule has 0 spiro atoms. The highest BCUT2D eigenvalue weighted by molar-refractivity contribution is 5.75. The van der Waals surface area contributed by atoms with Crippen LogP contribution in [0.4, 0.5) is 0 Å². The van der Waals surface area contributed by atoms with Crippen LogP contribution < -0.4 is 18.1 Å². The molecule has 0 amide bonds. The van der Waals surface area contributed by atoms with Gasteiger partial charge in [0, 0.05) is 0 Å². The molecule has 0 heterocycles. The Hall–Kier alpha value is -0.280. The number of halogens is 1. The second-order valence-electron chi connectivity index (χ2n) is 2.52.